The van der Waals surface area contributed by atoms with Crippen LogP contribution in [0.5, 0.6) is 0 Å². The van der Waals surface area contributed by atoms with Crippen molar-refractivity contribution in [3.05, 3.63) is 11.9 Å². The molecule has 0 aliphatic rings. The molecule has 0 amide bonds. The zero-order valence-corrected chi connectivity index (χ0v) is 8.29. The van der Waals surface area contributed by atoms with Crippen LogP contribution in [0.1, 0.15) is 44.1 Å². The lowest BCUT2D eigenvalue weighted by atomic mass is 9.89. The molecule has 4 heteroatoms. The Labute approximate surface area is 77.7 Å². The van der Waals surface area contributed by atoms with Gasteiger partial charge in [0.15, 0.2) is 5.78 Å². The molecule has 0 fully saturated rings. The van der Waals surface area contributed by atoms with Gasteiger partial charge in [-0.05, 0) is 11.8 Å². The predicted molar refractivity (Wildman–Crippen MR) is 49.4 cm³/mol. The van der Waals surface area contributed by atoms with E-state index in [0.29, 0.717) is 12.1 Å². The Kier molecular flexibility index (Phi) is 2.80. The van der Waals surface area contributed by atoms with E-state index >= 15 is 0 Å². The Bertz CT molecular complexity index is 272. The smallest absolute Gasteiger partial charge is 0.184 e. The first-order chi connectivity index (χ1) is 5.99. The van der Waals surface area contributed by atoms with Crippen molar-refractivity contribution >= 4 is 5.78 Å². The number of carbonyl (C=O) groups is 1. The number of nitrogens with zero attached hydrogens (tertiary/aromatic N) is 2. The van der Waals surface area contributed by atoms with E-state index in [9.17, 15) is 4.79 Å². The summed E-state index contributed by atoms with van der Waals surface area (Å²) in [5.41, 5.74) is 0.628. The van der Waals surface area contributed by atoms with Crippen molar-refractivity contribution in [3.63, 3.8) is 0 Å². The van der Waals surface area contributed by atoms with Crippen molar-refractivity contribution in [3.8, 4) is 0 Å². The molecule has 1 N–H and O–H groups in total. The van der Waals surface area contributed by atoms with E-state index in [1.165, 1.54) is 6.20 Å². The third kappa shape index (κ3) is 3.36. The predicted octanol–water partition coefficient (Wildman–Crippen LogP) is 1.81. The Morgan fingerprint density at radius 2 is 2.23 bits per heavy atom. The second-order valence-electron chi connectivity index (χ2n) is 4.34. The lowest BCUT2D eigenvalue weighted by Gasteiger charge is -2.16. The standard InChI is InChI=1S/C9H15N3O/c1-9(2,3)5-4-8(13)7-6-10-12-11-7/h6H,4-5H2,1-3H3,(H,10,11,12). The summed E-state index contributed by atoms with van der Waals surface area (Å²) in [6.45, 7) is 6.34. The normalized spacial score (nSPS) is 11.6. The van der Waals surface area contributed by atoms with Gasteiger partial charge in [-0.3, -0.25) is 4.79 Å². The minimum Gasteiger partial charge on any atom is -0.292 e. The Morgan fingerprint density at radius 3 is 2.69 bits per heavy atom. The molecule has 4 nitrogen and oxygen atoms in total. The number of ketones is 1. The number of aromatic amines is 1. The van der Waals surface area contributed by atoms with Gasteiger partial charge in [-0.15, -0.1) is 0 Å². The summed E-state index contributed by atoms with van der Waals surface area (Å²) in [4.78, 5) is 11.4. The van der Waals surface area contributed by atoms with Crippen LogP contribution in [0.3, 0.4) is 0 Å². The maximum atomic E-state index is 11.4. The Balaban J connectivity index is 2.44. The number of H-pyrrole nitrogens is 1. The summed E-state index contributed by atoms with van der Waals surface area (Å²) < 4.78 is 0. The third-order valence-corrected chi connectivity index (χ3v) is 1.80. The van der Waals surface area contributed by atoms with Gasteiger partial charge in [0.05, 0.1) is 6.20 Å². The molecule has 1 aromatic rings. The fourth-order valence-corrected chi connectivity index (χ4v) is 0.953. The lowest BCUT2D eigenvalue weighted by molar-refractivity contribution is 0.0961. The van der Waals surface area contributed by atoms with Crippen LogP contribution >= 0.6 is 0 Å². The molecule has 13 heavy (non-hydrogen) atoms. The van der Waals surface area contributed by atoms with Gasteiger partial charge in [0.1, 0.15) is 5.69 Å². The fourth-order valence-electron chi connectivity index (χ4n) is 0.953. The molecule has 0 aliphatic carbocycles. The molecule has 0 saturated heterocycles. The molecule has 72 valence electrons. The average Bonchev–Trinajstić information content (AvgIpc) is 2.50. The van der Waals surface area contributed by atoms with E-state index in [4.69, 9.17) is 0 Å². The van der Waals surface area contributed by atoms with Gasteiger partial charge in [-0.25, -0.2) is 0 Å². The summed E-state index contributed by atoms with van der Waals surface area (Å²) >= 11 is 0. The van der Waals surface area contributed by atoms with Crippen LogP contribution < -0.4 is 0 Å². The summed E-state index contributed by atoms with van der Waals surface area (Å²) in [5, 5.41) is 9.75. The number of carbonyl (C=O) groups excluding carboxylic acids is 1. The monoisotopic (exact) mass is 181 g/mol. The molecule has 0 saturated carbocycles. The lowest BCUT2D eigenvalue weighted by Crippen LogP contribution is -2.09. The fraction of sp³-hybridized carbons (Fsp3) is 0.667. The van der Waals surface area contributed by atoms with Gasteiger partial charge in [-0.1, -0.05) is 20.8 Å². The minimum atomic E-state index is 0.0590. The highest BCUT2D eigenvalue weighted by atomic mass is 16.1. The Morgan fingerprint density at radius 1 is 1.54 bits per heavy atom. The number of hydrogen-bond acceptors (Lipinski definition) is 3. The Hall–Kier alpha value is -1.19. The molecule has 0 aliphatic heterocycles. The van der Waals surface area contributed by atoms with E-state index in [1.807, 2.05) is 0 Å². The van der Waals surface area contributed by atoms with Gasteiger partial charge < -0.3 is 0 Å². The summed E-state index contributed by atoms with van der Waals surface area (Å²) in [6.07, 6.45) is 2.87. The van der Waals surface area contributed by atoms with Gasteiger partial charge >= 0.3 is 0 Å². The van der Waals surface area contributed by atoms with E-state index in [1.54, 1.807) is 0 Å². The van der Waals surface area contributed by atoms with Crippen LogP contribution in [-0.4, -0.2) is 21.2 Å². The van der Waals surface area contributed by atoms with Crippen molar-refractivity contribution in [1.82, 2.24) is 15.4 Å². The van der Waals surface area contributed by atoms with Crippen molar-refractivity contribution in [2.45, 2.75) is 33.6 Å². The highest BCUT2D eigenvalue weighted by Crippen LogP contribution is 2.21. The van der Waals surface area contributed by atoms with Crippen molar-refractivity contribution in [2.24, 2.45) is 5.41 Å². The molecule has 0 spiro atoms. The third-order valence-electron chi connectivity index (χ3n) is 1.80. The largest absolute Gasteiger partial charge is 0.292 e. The van der Waals surface area contributed by atoms with Gasteiger partial charge in [-0.2, -0.15) is 15.4 Å². The van der Waals surface area contributed by atoms with Gasteiger partial charge in [0.2, 0.25) is 0 Å². The SMILES string of the molecule is CC(C)(C)CCC(=O)c1cn[nH]n1. The zero-order valence-electron chi connectivity index (χ0n) is 8.29. The van der Waals surface area contributed by atoms with Crippen molar-refractivity contribution < 1.29 is 4.79 Å². The molecule has 0 aromatic carbocycles. The zero-order chi connectivity index (χ0) is 9.90. The first kappa shape index (κ1) is 9.89. The van der Waals surface area contributed by atoms with Crippen molar-refractivity contribution in [2.75, 3.05) is 0 Å². The molecule has 1 heterocycles. The molecule has 0 radical (unpaired) electrons. The molecule has 0 unspecified atom stereocenters. The summed E-state index contributed by atoms with van der Waals surface area (Å²) in [7, 11) is 0. The maximum Gasteiger partial charge on any atom is 0.184 e. The number of Topliss-reactive ketones (excluding diaryl/α,β-unsaturated/α-hetero) is 1. The van der Waals surface area contributed by atoms with E-state index in [-0.39, 0.29) is 11.2 Å². The first-order valence-corrected chi connectivity index (χ1v) is 4.38. The second kappa shape index (κ2) is 3.68. The topological polar surface area (TPSA) is 58.6 Å². The molecule has 1 rings (SSSR count). The molecule has 1 aromatic heterocycles. The number of nitrogens with one attached hydrogen (secondary N) is 1. The molecular formula is C9H15N3O. The van der Waals surface area contributed by atoms with E-state index < -0.39 is 0 Å². The van der Waals surface area contributed by atoms with Crippen LogP contribution in [-0.2, 0) is 0 Å². The second-order valence-corrected chi connectivity index (χ2v) is 4.34. The maximum absolute atomic E-state index is 11.4. The van der Waals surface area contributed by atoms with Crippen molar-refractivity contribution in [1.29, 1.82) is 0 Å². The quantitative estimate of drug-likeness (QED) is 0.723. The van der Waals surface area contributed by atoms with Gasteiger partial charge in [0.25, 0.3) is 0 Å². The van der Waals surface area contributed by atoms with Crippen LogP contribution in [0.4, 0.5) is 0 Å². The van der Waals surface area contributed by atoms with Crippen LogP contribution in [0.2, 0.25) is 0 Å². The first-order valence-electron chi connectivity index (χ1n) is 4.38. The average molecular weight is 181 g/mol. The number of rotatable bonds is 3. The van der Waals surface area contributed by atoms with E-state index in [0.717, 1.165) is 6.42 Å². The summed E-state index contributed by atoms with van der Waals surface area (Å²) in [6, 6.07) is 0. The van der Waals surface area contributed by atoms with Crippen LogP contribution in [0.25, 0.3) is 0 Å². The minimum absolute atomic E-state index is 0.0590. The van der Waals surface area contributed by atoms with Crippen LogP contribution in [0.15, 0.2) is 6.20 Å². The highest BCUT2D eigenvalue weighted by Gasteiger charge is 2.15. The molecular weight excluding hydrogens is 166 g/mol. The highest BCUT2D eigenvalue weighted by molar-refractivity contribution is 5.93. The van der Waals surface area contributed by atoms with Gasteiger partial charge in [0, 0.05) is 6.42 Å². The van der Waals surface area contributed by atoms with E-state index in [2.05, 4.69) is 36.2 Å². The number of aromatic nitrogens is 3. The van der Waals surface area contributed by atoms with Crippen LogP contribution in [0, 0.1) is 5.41 Å². The number of hydrogen-bond donors (Lipinski definition) is 1. The molecule has 0 atom stereocenters. The molecule has 0 bridgehead atoms. The summed E-state index contributed by atoms with van der Waals surface area (Å²) in [5.74, 6) is 0.0590.